The zero-order valence-electron chi connectivity index (χ0n) is 16.3. The van der Waals surface area contributed by atoms with Crippen LogP contribution in [-0.2, 0) is 6.18 Å². The third-order valence-corrected chi connectivity index (χ3v) is 7.21. The number of nitrogens with one attached hydrogen (secondary N) is 2. The SMILES string of the molecule is O=C(N[C@H]1CC[C@H](CNc2ncc(C3CC3)s2)CC1)c1cc(C(F)(F)F)ccc1Cl. The highest BCUT2D eigenvalue weighted by Gasteiger charge is 2.32. The van der Waals surface area contributed by atoms with Crippen LogP contribution in [0.5, 0.6) is 0 Å². The molecular formula is C21H23ClF3N3OS. The summed E-state index contributed by atoms with van der Waals surface area (Å²) in [5, 5.41) is 7.26. The van der Waals surface area contributed by atoms with Crippen LogP contribution in [0.2, 0.25) is 5.02 Å². The summed E-state index contributed by atoms with van der Waals surface area (Å²) >= 11 is 7.70. The third-order valence-electron chi connectivity index (χ3n) is 5.77. The van der Waals surface area contributed by atoms with E-state index in [4.69, 9.17) is 11.6 Å². The second-order valence-electron chi connectivity index (χ2n) is 8.11. The Kier molecular flexibility index (Phi) is 6.25. The maximum absolute atomic E-state index is 12.9. The van der Waals surface area contributed by atoms with Gasteiger partial charge in [-0.15, -0.1) is 11.3 Å². The van der Waals surface area contributed by atoms with Crippen LogP contribution in [0, 0.1) is 5.92 Å². The first kappa shape index (κ1) is 21.4. The number of carbonyl (C=O) groups is 1. The summed E-state index contributed by atoms with van der Waals surface area (Å²) in [5.74, 6) is 0.647. The fraction of sp³-hybridized carbons (Fsp3) is 0.524. The van der Waals surface area contributed by atoms with E-state index in [9.17, 15) is 18.0 Å². The number of hydrogen-bond donors (Lipinski definition) is 2. The second-order valence-corrected chi connectivity index (χ2v) is 9.58. The predicted molar refractivity (Wildman–Crippen MR) is 112 cm³/mol. The maximum atomic E-state index is 12.9. The molecule has 2 aliphatic carbocycles. The molecule has 2 fully saturated rings. The summed E-state index contributed by atoms with van der Waals surface area (Å²) in [6, 6.07) is 2.76. The molecule has 1 aromatic heterocycles. The number of thiazole rings is 1. The zero-order chi connectivity index (χ0) is 21.3. The molecule has 2 aliphatic rings. The van der Waals surface area contributed by atoms with Crippen molar-refractivity contribution in [3.8, 4) is 0 Å². The van der Waals surface area contributed by atoms with Crippen molar-refractivity contribution in [1.82, 2.24) is 10.3 Å². The Labute approximate surface area is 182 Å². The Morgan fingerprint density at radius 2 is 1.90 bits per heavy atom. The van der Waals surface area contributed by atoms with Gasteiger partial charge in [0.2, 0.25) is 0 Å². The fourth-order valence-corrected chi connectivity index (χ4v) is 5.00. The molecular weight excluding hydrogens is 435 g/mol. The Morgan fingerprint density at radius 1 is 1.17 bits per heavy atom. The molecule has 4 rings (SSSR count). The fourth-order valence-electron chi connectivity index (χ4n) is 3.81. The smallest absolute Gasteiger partial charge is 0.361 e. The lowest BCUT2D eigenvalue weighted by Gasteiger charge is -2.29. The number of benzene rings is 1. The monoisotopic (exact) mass is 457 g/mol. The molecule has 2 N–H and O–H groups in total. The zero-order valence-corrected chi connectivity index (χ0v) is 17.8. The van der Waals surface area contributed by atoms with Crippen molar-refractivity contribution in [3.63, 3.8) is 0 Å². The summed E-state index contributed by atoms with van der Waals surface area (Å²) in [6.07, 6.45) is 3.45. The summed E-state index contributed by atoms with van der Waals surface area (Å²) in [5.41, 5.74) is -1.01. The average Bonchev–Trinajstić information content (AvgIpc) is 3.45. The highest BCUT2D eigenvalue weighted by Crippen LogP contribution is 2.43. The number of halogens is 4. The van der Waals surface area contributed by atoms with Gasteiger partial charge < -0.3 is 10.6 Å². The molecule has 2 aromatic rings. The number of alkyl halides is 3. The molecule has 0 atom stereocenters. The number of rotatable bonds is 6. The van der Waals surface area contributed by atoms with E-state index < -0.39 is 17.6 Å². The van der Waals surface area contributed by atoms with Crippen molar-refractivity contribution in [2.75, 3.05) is 11.9 Å². The van der Waals surface area contributed by atoms with Crippen LogP contribution in [0.1, 0.15) is 65.2 Å². The number of nitrogens with zero attached hydrogens (tertiary/aromatic N) is 1. The van der Waals surface area contributed by atoms with E-state index >= 15 is 0 Å². The molecule has 2 saturated carbocycles. The van der Waals surface area contributed by atoms with E-state index in [2.05, 4.69) is 15.6 Å². The molecule has 0 unspecified atom stereocenters. The maximum Gasteiger partial charge on any atom is 0.416 e. The number of anilines is 1. The van der Waals surface area contributed by atoms with Gasteiger partial charge in [0.25, 0.3) is 5.91 Å². The second kappa shape index (κ2) is 8.75. The lowest BCUT2D eigenvalue weighted by atomic mass is 9.86. The van der Waals surface area contributed by atoms with Gasteiger partial charge in [-0.25, -0.2) is 4.98 Å². The van der Waals surface area contributed by atoms with Crippen molar-refractivity contribution in [1.29, 1.82) is 0 Å². The Bertz CT molecular complexity index is 905. The minimum atomic E-state index is -4.51. The van der Waals surface area contributed by atoms with Crippen LogP contribution in [0.25, 0.3) is 0 Å². The minimum Gasteiger partial charge on any atom is -0.361 e. The highest BCUT2D eigenvalue weighted by atomic mass is 35.5. The molecule has 9 heteroatoms. The van der Waals surface area contributed by atoms with Crippen LogP contribution in [0.15, 0.2) is 24.4 Å². The van der Waals surface area contributed by atoms with Crippen molar-refractivity contribution < 1.29 is 18.0 Å². The number of amides is 1. The molecule has 1 heterocycles. The molecule has 0 saturated heterocycles. The molecule has 0 spiro atoms. The normalized spacial score (nSPS) is 22.0. The standard InChI is InChI=1S/C21H23ClF3N3OS/c22-17-8-5-14(21(23,24)25)9-16(17)19(29)28-15-6-1-12(2-7-15)10-26-20-27-11-18(30-20)13-3-4-13/h5,8-9,11-13,15H,1-4,6-7,10H2,(H,26,27)(H,28,29)/t12-,15-. The van der Waals surface area contributed by atoms with Crippen LogP contribution >= 0.6 is 22.9 Å². The largest absolute Gasteiger partial charge is 0.416 e. The van der Waals surface area contributed by atoms with Gasteiger partial charge in [-0.3, -0.25) is 4.79 Å². The molecule has 0 aliphatic heterocycles. The minimum absolute atomic E-state index is 0.0207. The average molecular weight is 458 g/mol. The molecule has 0 radical (unpaired) electrons. The van der Waals surface area contributed by atoms with E-state index in [1.165, 1.54) is 17.7 Å². The predicted octanol–water partition coefficient (Wildman–Crippen LogP) is 6.09. The quantitative estimate of drug-likeness (QED) is 0.551. The van der Waals surface area contributed by atoms with Gasteiger partial charge in [-0.05, 0) is 68.6 Å². The van der Waals surface area contributed by atoms with Gasteiger partial charge in [-0.2, -0.15) is 13.2 Å². The van der Waals surface area contributed by atoms with Crippen molar-refractivity contribution in [2.24, 2.45) is 5.92 Å². The van der Waals surface area contributed by atoms with Gasteiger partial charge in [0.15, 0.2) is 5.13 Å². The van der Waals surface area contributed by atoms with Gasteiger partial charge in [0.1, 0.15) is 0 Å². The van der Waals surface area contributed by atoms with Crippen molar-refractivity contribution >= 4 is 34.0 Å². The lowest BCUT2D eigenvalue weighted by Crippen LogP contribution is -2.38. The van der Waals surface area contributed by atoms with Crippen molar-refractivity contribution in [3.05, 3.63) is 45.4 Å². The third kappa shape index (κ3) is 5.27. The Hall–Kier alpha value is -1.80. The van der Waals surface area contributed by atoms with E-state index in [1.54, 1.807) is 11.3 Å². The first-order valence-electron chi connectivity index (χ1n) is 10.2. The molecule has 0 bridgehead atoms. The number of carbonyl (C=O) groups excluding carboxylic acids is 1. The molecule has 162 valence electrons. The molecule has 1 aromatic carbocycles. The van der Waals surface area contributed by atoms with Crippen LogP contribution in [0.4, 0.5) is 18.3 Å². The van der Waals surface area contributed by atoms with E-state index in [1.807, 2.05) is 6.20 Å². The van der Waals surface area contributed by atoms with Gasteiger partial charge in [0, 0.05) is 23.7 Å². The number of hydrogen-bond acceptors (Lipinski definition) is 4. The topological polar surface area (TPSA) is 54.0 Å². The molecule has 30 heavy (non-hydrogen) atoms. The summed E-state index contributed by atoms with van der Waals surface area (Å²) in [7, 11) is 0. The van der Waals surface area contributed by atoms with E-state index in [0.29, 0.717) is 11.8 Å². The van der Waals surface area contributed by atoms with Crippen LogP contribution < -0.4 is 10.6 Å². The number of aromatic nitrogens is 1. The summed E-state index contributed by atoms with van der Waals surface area (Å²) < 4.78 is 38.8. The summed E-state index contributed by atoms with van der Waals surface area (Å²) in [4.78, 5) is 18.3. The van der Waals surface area contributed by atoms with E-state index in [-0.39, 0.29) is 16.6 Å². The first-order valence-corrected chi connectivity index (χ1v) is 11.4. The Balaban J connectivity index is 1.25. The first-order chi connectivity index (χ1) is 14.3. The van der Waals surface area contributed by atoms with Gasteiger partial charge in [-0.1, -0.05) is 11.6 Å². The van der Waals surface area contributed by atoms with E-state index in [0.717, 1.165) is 55.6 Å². The highest BCUT2D eigenvalue weighted by molar-refractivity contribution is 7.15. The molecule has 1 amide bonds. The molecule has 4 nitrogen and oxygen atoms in total. The van der Waals surface area contributed by atoms with Crippen LogP contribution in [-0.4, -0.2) is 23.5 Å². The van der Waals surface area contributed by atoms with Gasteiger partial charge >= 0.3 is 6.18 Å². The van der Waals surface area contributed by atoms with Gasteiger partial charge in [0.05, 0.1) is 16.1 Å². The van der Waals surface area contributed by atoms with Crippen molar-refractivity contribution in [2.45, 2.75) is 56.7 Å². The lowest BCUT2D eigenvalue weighted by molar-refractivity contribution is -0.137. The Morgan fingerprint density at radius 3 is 2.57 bits per heavy atom. The summed E-state index contributed by atoms with van der Waals surface area (Å²) in [6.45, 7) is 0.845. The van der Waals surface area contributed by atoms with Crippen LogP contribution in [0.3, 0.4) is 0 Å².